The molecule has 164 valence electrons. The number of carbonyl (C=O) groups is 2. The molecule has 0 saturated carbocycles. The average Bonchev–Trinajstić information content (AvgIpc) is 3.30. The van der Waals surface area contributed by atoms with E-state index in [0.29, 0.717) is 13.1 Å². The van der Waals surface area contributed by atoms with Gasteiger partial charge in [-0.15, -0.1) is 0 Å². The molecular weight excluding hydrogens is 388 g/mol. The number of nitrogens with zero attached hydrogens (tertiary/aromatic N) is 2. The van der Waals surface area contributed by atoms with Crippen molar-refractivity contribution in [3.05, 3.63) is 53.6 Å². The monoisotopic (exact) mass is 420 g/mol. The van der Waals surface area contributed by atoms with Gasteiger partial charge in [0.15, 0.2) is 0 Å². The summed E-state index contributed by atoms with van der Waals surface area (Å²) < 4.78 is 0. The number of piperidine rings is 1. The smallest absolute Gasteiger partial charge is 0.321 e. The van der Waals surface area contributed by atoms with E-state index in [2.05, 4.69) is 27.7 Å². The third-order valence-corrected chi connectivity index (χ3v) is 6.29. The highest BCUT2D eigenvalue weighted by Crippen LogP contribution is 2.27. The van der Waals surface area contributed by atoms with Crippen LogP contribution < -0.4 is 15.5 Å². The lowest BCUT2D eigenvalue weighted by Crippen LogP contribution is -2.45. The summed E-state index contributed by atoms with van der Waals surface area (Å²) in [5.41, 5.74) is 5.03. The minimum absolute atomic E-state index is 0.00919. The third-order valence-electron chi connectivity index (χ3n) is 6.29. The molecule has 2 fully saturated rings. The second kappa shape index (κ2) is 9.41. The average molecular weight is 421 g/mol. The third kappa shape index (κ3) is 5.19. The Hall–Kier alpha value is -3.02. The van der Waals surface area contributed by atoms with Crippen molar-refractivity contribution in [2.75, 3.05) is 41.7 Å². The highest BCUT2D eigenvalue weighted by atomic mass is 16.2. The van der Waals surface area contributed by atoms with Gasteiger partial charge in [0.1, 0.15) is 0 Å². The zero-order valence-electron chi connectivity index (χ0n) is 18.5. The first-order valence-corrected chi connectivity index (χ1v) is 11.3. The van der Waals surface area contributed by atoms with Gasteiger partial charge >= 0.3 is 6.03 Å². The van der Waals surface area contributed by atoms with Crippen LogP contribution in [0.4, 0.5) is 21.9 Å². The molecule has 2 aliphatic rings. The summed E-state index contributed by atoms with van der Waals surface area (Å²) in [6.45, 7) is 7.36. The summed E-state index contributed by atoms with van der Waals surface area (Å²) in [4.78, 5) is 29.8. The number of carbonyl (C=O) groups excluding carboxylic acids is 2. The number of nitrogens with one attached hydrogen (secondary N) is 2. The fourth-order valence-electron chi connectivity index (χ4n) is 4.50. The van der Waals surface area contributed by atoms with Gasteiger partial charge in [-0.05, 0) is 81.0 Å². The molecular formula is C25H32N4O2. The SMILES string of the molecule is Cc1cccc(NC(=O)N2CCC[C@H](C(=O)Nc3ccc(N4CCCC4)cc3C)C2)c1. The predicted molar refractivity (Wildman–Crippen MR) is 126 cm³/mol. The second-order valence-corrected chi connectivity index (χ2v) is 8.77. The Labute approximate surface area is 184 Å². The van der Waals surface area contributed by atoms with Gasteiger partial charge in [-0.25, -0.2) is 4.79 Å². The topological polar surface area (TPSA) is 64.7 Å². The van der Waals surface area contributed by atoms with Crippen molar-refractivity contribution < 1.29 is 9.59 Å². The van der Waals surface area contributed by atoms with Crippen LogP contribution in [0.15, 0.2) is 42.5 Å². The Kier molecular flexibility index (Phi) is 6.44. The fourth-order valence-corrected chi connectivity index (χ4v) is 4.50. The highest BCUT2D eigenvalue weighted by molar-refractivity contribution is 5.95. The minimum Gasteiger partial charge on any atom is -0.372 e. The van der Waals surface area contributed by atoms with E-state index in [4.69, 9.17) is 0 Å². The zero-order chi connectivity index (χ0) is 21.8. The van der Waals surface area contributed by atoms with Crippen LogP contribution >= 0.6 is 0 Å². The van der Waals surface area contributed by atoms with E-state index in [9.17, 15) is 9.59 Å². The molecule has 1 atom stereocenters. The molecule has 2 N–H and O–H groups in total. The summed E-state index contributed by atoms with van der Waals surface area (Å²) in [5.74, 6) is -0.209. The number of anilines is 3. The quantitative estimate of drug-likeness (QED) is 0.748. The van der Waals surface area contributed by atoms with E-state index >= 15 is 0 Å². The largest absolute Gasteiger partial charge is 0.372 e. The molecule has 0 aliphatic carbocycles. The molecule has 3 amide bonds. The van der Waals surface area contributed by atoms with Gasteiger partial charge < -0.3 is 20.4 Å². The van der Waals surface area contributed by atoms with E-state index < -0.39 is 0 Å². The molecule has 0 bridgehead atoms. The van der Waals surface area contributed by atoms with Gasteiger partial charge in [0.25, 0.3) is 0 Å². The molecule has 0 radical (unpaired) electrons. The van der Waals surface area contributed by atoms with Crippen LogP contribution in [-0.4, -0.2) is 43.0 Å². The number of hydrogen-bond donors (Lipinski definition) is 2. The normalized spacial score (nSPS) is 18.7. The van der Waals surface area contributed by atoms with Crippen LogP contribution in [0.2, 0.25) is 0 Å². The van der Waals surface area contributed by atoms with Crippen molar-refractivity contribution in [3.8, 4) is 0 Å². The molecule has 2 saturated heterocycles. The first kappa shape index (κ1) is 21.2. The highest BCUT2D eigenvalue weighted by Gasteiger charge is 2.29. The van der Waals surface area contributed by atoms with E-state index in [-0.39, 0.29) is 17.9 Å². The zero-order valence-corrected chi connectivity index (χ0v) is 18.5. The Bertz CT molecular complexity index is 952. The molecule has 0 spiro atoms. The first-order chi connectivity index (χ1) is 15.0. The van der Waals surface area contributed by atoms with Crippen LogP contribution in [0.3, 0.4) is 0 Å². The Balaban J connectivity index is 1.35. The number of aryl methyl sites for hydroxylation is 2. The Morgan fingerprint density at radius 2 is 1.74 bits per heavy atom. The molecule has 31 heavy (non-hydrogen) atoms. The molecule has 6 nitrogen and oxygen atoms in total. The number of urea groups is 1. The van der Waals surface area contributed by atoms with Crippen LogP contribution in [-0.2, 0) is 4.79 Å². The summed E-state index contributed by atoms with van der Waals surface area (Å²) in [6, 6.07) is 13.9. The van der Waals surface area contributed by atoms with Crippen molar-refractivity contribution >= 4 is 29.0 Å². The lowest BCUT2D eigenvalue weighted by atomic mass is 9.97. The van der Waals surface area contributed by atoms with Crippen molar-refractivity contribution in [1.29, 1.82) is 0 Å². The van der Waals surface area contributed by atoms with Crippen LogP contribution in [0.1, 0.15) is 36.8 Å². The molecule has 2 aromatic rings. The maximum Gasteiger partial charge on any atom is 0.321 e. The Morgan fingerprint density at radius 3 is 2.48 bits per heavy atom. The number of amides is 3. The van der Waals surface area contributed by atoms with E-state index in [1.165, 1.54) is 18.5 Å². The van der Waals surface area contributed by atoms with Gasteiger partial charge in [-0.2, -0.15) is 0 Å². The van der Waals surface area contributed by atoms with Gasteiger partial charge in [-0.1, -0.05) is 12.1 Å². The molecule has 6 heteroatoms. The summed E-state index contributed by atoms with van der Waals surface area (Å²) in [5, 5.41) is 6.05. The summed E-state index contributed by atoms with van der Waals surface area (Å²) in [6.07, 6.45) is 4.11. The first-order valence-electron chi connectivity index (χ1n) is 11.3. The van der Waals surface area contributed by atoms with Crippen LogP contribution in [0.5, 0.6) is 0 Å². The molecule has 0 aromatic heterocycles. The number of hydrogen-bond acceptors (Lipinski definition) is 3. The van der Waals surface area contributed by atoms with Crippen molar-refractivity contribution in [3.63, 3.8) is 0 Å². The molecule has 2 aromatic carbocycles. The van der Waals surface area contributed by atoms with Gasteiger partial charge in [-0.3, -0.25) is 4.79 Å². The molecule has 0 unspecified atom stereocenters. The standard InChI is InChI=1S/C25H32N4O2/c1-18-7-5-9-21(15-18)26-25(31)29-14-6-8-20(17-29)24(30)27-23-11-10-22(16-19(23)2)28-12-3-4-13-28/h5,7,9-11,15-16,20H,3-4,6,8,12-14,17H2,1-2H3,(H,26,31)(H,27,30)/t20-/m0/s1. The maximum absolute atomic E-state index is 13.0. The van der Waals surface area contributed by atoms with E-state index in [0.717, 1.165) is 48.4 Å². The second-order valence-electron chi connectivity index (χ2n) is 8.77. The van der Waals surface area contributed by atoms with Gasteiger partial charge in [0.05, 0.1) is 5.92 Å². The number of benzene rings is 2. The molecule has 2 aliphatic heterocycles. The molecule has 2 heterocycles. The van der Waals surface area contributed by atoms with Crippen molar-refractivity contribution in [2.45, 2.75) is 39.5 Å². The lowest BCUT2D eigenvalue weighted by molar-refractivity contribution is -0.121. The Morgan fingerprint density at radius 1 is 0.935 bits per heavy atom. The summed E-state index contributed by atoms with van der Waals surface area (Å²) >= 11 is 0. The van der Waals surface area contributed by atoms with Crippen molar-refractivity contribution in [2.24, 2.45) is 5.92 Å². The van der Waals surface area contributed by atoms with Crippen molar-refractivity contribution in [1.82, 2.24) is 4.90 Å². The lowest BCUT2D eigenvalue weighted by Gasteiger charge is -2.32. The van der Waals surface area contributed by atoms with Crippen LogP contribution in [0, 0.1) is 19.8 Å². The number of rotatable bonds is 4. The van der Waals surface area contributed by atoms with E-state index in [1.807, 2.05) is 44.2 Å². The van der Waals surface area contributed by atoms with E-state index in [1.54, 1.807) is 4.90 Å². The maximum atomic E-state index is 13.0. The van der Waals surface area contributed by atoms with Crippen LogP contribution in [0.25, 0.3) is 0 Å². The predicted octanol–water partition coefficient (Wildman–Crippen LogP) is 4.79. The van der Waals surface area contributed by atoms with Gasteiger partial charge in [0, 0.05) is 43.2 Å². The fraction of sp³-hybridized carbons (Fsp3) is 0.440. The minimum atomic E-state index is -0.199. The number of likely N-dealkylation sites (tertiary alicyclic amines) is 1. The van der Waals surface area contributed by atoms with Gasteiger partial charge in [0.2, 0.25) is 5.91 Å². The summed E-state index contributed by atoms with van der Waals surface area (Å²) in [7, 11) is 0. The molecule has 4 rings (SSSR count).